The summed E-state index contributed by atoms with van der Waals surface area (Å²) in [5.41, 5.74) is 2.76. The van der Waals surface area contributed by atoms with Crippen LogP contribution in [0.25, 0.3) is 11.0 Å². The molecule has 0 aliphatic carbocycles. The summed E-state index contributed by atoms with van der Waals surface area (Å²) in [5, 5.41) is 4.36. The number of hydrogen-bond donors (Lipinski definition) is 2. The molecule has 1 fully saturated rings. The van der Waals surface area contributed by atoms with Gasteiger partial charge in [0, 0.05) is 36.8 Å². The fourth-order valence-corrected chi connectivity index (χ4v) is 3.35. The van der Waals surface area contributed by atoms with Crippen LogP contribution in [0.2, 0.25) is 5.02 Å². The van der Waals surface area contributed by atoms with E-state index in [0.29, 0.717) is 41.8 Å². The van der Waals surface area contributed by atoms with E-state index in [4.69, 9.17) is 16.3 Å². The molecule has 1 aliphatic rings. The highest BCUT2D eigenvalue weighted by Gasteiger charge is 2.22. The zero-order chi connectivity index (χ0) is 17.9. The van der Waals surface area contributed by atoms with Crippen molar-refractivity contribution >= 4 is 34.2 Å². The smallest absolute Gasteiger partial charge is 0.272 e. The van der Waals surface area contributed by atoms with Crippen LogP contribution in [-0.2, 0) is 11.3 Å². The van der Waals surface area contributed by atoms with E-state index in [1.165, 1.54) is 0 Å². The molecule has 0 atom stereocenters. The second-order valence-electron chi connectivity index (χ2n) is 6.20. The third-order valence-corrected chi connectivity index (χ3v) is 4.84. The summed E-state index contributed by atoms with van der Waals surface area (Å²) in [7, 11) is 0. The van der Waals surface area contributed by atoms with Crippen LogP contribution in [-0.4, -0.2) is 47.1 Å². The van der Waals surface area contributed by atoms with Crippen LogP contribution < -0.4 is 5.32 Å². The highest BCUT2D eigenvalue weighted by atomic mass is 35.5. The van der Waals surface area contributed by atoms with E-state index in [9.17, 15) is 4.79 Å². The molecule has 0 unspecified atom stereocenters. The largest absolute Gasteiger partial charge is 0.379 e. The Morgan fingerprint density at radius 1 is 1.23 bits per heavy atom. The Morgan fingerprint density at radius 2 is 2.04 bits per heavy atom. The fraction of sp³-hybridized carbons (Fsp3) is 0.263. The summed E-state index contributed by atoms with van der Waals surface area (Å²) in [5.74, 6) is -0.223. The number of H-pyrrole nitrogens is 1. The fourth-order valence-electron chi connectivity index (χ4n) is 3.17. The summed E-state index contributed by atoms with van der Waals surface area (Å²) < 4.78 is 5.42. The van der Waals surface area contributed by atoms with Crippen LogP contribution in [0.3, 0.4) is 0 Å². The number of anilines is 1. The van der Waals surface area contributed by atoms with Gasteiger partial charge in [0.25, 0.3) is 5.91 Å². The van der Waals surface area contributed by atoms with Crippen LogP contribution in [0, 0.1) is 0 Å². The zero-order valence-electron chi connectivity index (χ0n) is 14.2. The molecule has 134 valence electrons. The molecule has 3 aromatic rings. The van der Waals surface area contributed by atoms with Crippen molar-refractivity contribution in [3.8, 4) is 0 Å². The van der Waals surface area contributed by atoms with E-state index in [-0.39, 0.29) is 5.91 Å². The monoisotopic (exact) mass is 370 g/mol. The van der Waals surface area contributed by atoms with Gasteiger partial charge < -0.3 is 15.0 Å². The van der Waals surface area contributed by atoms with Gasteiger partial charge in [-0.3, -0.25) is 9.69 Å². The summed E-state index contributed by atoms with van der Waals surface area (Å²) in [6, 6.07) is 11.1. The molecule has 2 aromatic heterocycles. The Labute approximate surface area is 156 Å². The Balaban J connectivity index is 1.68. The lowest BCUT2D eigenvalue weighted by atomic mass is 10.1. The van der Waals surface area contributed by atoms with Crippen LogP contribution in [0.5, 0.6) is 0 Å². The number of halogens is 1. The predicted molar refractivity (Wildman–Crippen MR) is 102 cm³/mol. The number of rotatable bonds is 4. The number of amides is 1. The van der Waals surface area contributed by atoms with Gasteiger partial charge >= 0.3 is 0 Å². The SMILES string of the molecule is O=C(Nc1ccccc1Cl)c1[nH]c2ncccc2c1CN1CCOCC1. The van der Waals surface area contributed by atoms with Crippen LogP contribution >= 0.6 is 11.6 Å². The van der Waals surface area contributed by atoms with E-state index >= 15 is 0 Å². The number of carbonyl (C=O) groups is 1. The van der Waals surface area contributed by atoms with Crippen molar-refractivity contribution in [3.63, 3.8) is 0 Å². The number of morpholine rings is 1. The molecular weight excluding hydrogens is 352 g/mol. The number of carbonyl (C=O) groups excluding carboxylic acids is 1. The Morgan fingerprint density at radius 3 is 2.85 bits per heavy atom. The first-order valence-electron chi connectivity index (χ1n) is 8.54. The van der Waals surface area contributed by atoms with E-state index in [2.05, 4.69) is 20.2 Å². The summed E-state index contributed by atoms with van der Waals surface area (Å²) in [6.45, 7) is 3.78. The molecule has 0 radical (unpaired) electrons. The molecule has 2 N–H and O–H groups in total. The van der Waals surface area contributed by atoms with E-state index in [1.807, 2.05) is 24.3 Å². The quantitative estimate of drug-likeness (QED) is 0.739. The summed E-state index contributed by atoms with van der Waals surface area (Å²) >= 11 is 6.17. The van der Waals surface area contributed by atoms with E-state index in [1.54, 1.807) is 18.3 Å². The number of ether oxygens (including phenoxy) is 1. The van der Waals surface area contributed by atoms with Crippen molar-refractivity contribution in [1.29, 1.82) is 0 Å². The average Bonchev–Trinajstić information content (AvgIpc) is 3.03. The number of nitrogens with one attached hydrogen (secondary N) is 2. The van der Waals surface area contributed by atoms with Gasteiger partial charge in [0.15, 0.2) is 0 Å². The van der Waals surface area contributed by atoms with Gasteiger partial charge in [0.2, 0.25) is 0 Å². The number of aromatic amines is 1. The summed E-state index contributed by atoms with van der Waals surface area (Å²) in [6.07, 6.45) is 1.72. The van der Waals surface area contributed by atoms with Crippen molar-refractivity contribution < 1.29 is 9.53 Å². The molecule has 1 amide bonds. The number of benzene rings is 1. The minimum absolute atomic E-state index is 0.223. The first-order chi connectivity index (χ1) is 12.7. The molecule has 4 rings (SSSR count). The number of fused-ring (bicyclic) bond motifs is 1. The third kappa shape index (κ3) is 3.44. The highest BCUT2D eigenvalue weighted by Crippen LogP contribution is 2.26. The van der Waals surface area contributed by atoms with Gasteiger partial charge in [-0.15, -0.1) is 0 Å². The molecule has 0 spiro atoms. The maximum Gasteiger partial charge on any atom is 0.272 e. The lowest BCUT2D eigenvalue weighted by molar-refractivity contribution is 0.0342. The second-order valence-corrected chi connectivity index (χ2v) is 6.61. The van der Waals surface area contributed by atoms with E-state index < -0.39 is 0 Å². The normalized spacial score (nSPS) is 15.3. The molecular formula is C19H19ClN4O2. The maximum atomic E-state index is 12.9. The Bertz CT molecular complexity index is 934. The maximum absolute atomic E-state index is 12.9. The number of pyridine rings is 1. The van der Waals surface area contributed by atoms with Gasteiger partial charge in [0.1, 0.15) is 11.3 Å². The molecule has 6 nitrogen and oxygen atoms in total. The second kappa shape index (κ2) is 7.45. The number of nitrogens with zero attached hydrogens (tertiary/aromatic N) is 2. The Kier molecular flexibility index (Phi) is 4.88. The Hall–Kier alpha value is -2.41. The molecule has 1 aliphatic heterocycles. The van der Waals surface area contributed by atoms with Crippen molar-refractivity contribution in [3.05, 3.63) is 58.9 Å². The third-order valence-electron chi connectivity index (χ3n) is 4.51. The van der Waals surface area contributed by atoms with Gasteiger partial charge in [-0.25, -0.2) is 4.98 Å². The summed E-state index contributed by atoms with van der Waals surface area (Å²) in [4.78, 5) is 22.7. The van der Waals surface area contributed by atoms with Crippen LogP contribution in [0.1, 0.15) is 16.1 Å². The minimum Gasteiger partial charge on any atom is -0.379 e. The van der Waals surface area contributed by atoms with Crippen molar-refractivity contribution in [2.24, 2.45) is 0 Å². The first-order valence-corrected chi connectivity index (χ1v) is 8.92. The van der Waals surface area contributed by atoms with Gasteiger partial charge in [-0.1, -0.05) is 23.7 Å². The zero-order valence-corrected chi connectivity index (χ0v) is 14.9. The van der Waals surface area contributed by atoms with Gasteiger partial charge in [-0.05, 0) is 24.3 Å². The number of aromatic nitrogens is 2. The standard InChI is InChI=1S/C19H19ClN4O2/c20-15-5-1-2-6-16(15)22-19(25)17-14(12-24-8-10-26-11-9-24)13-4-3-7-21-18(13)23-17/h1-7H,8-12H2,(H,21,23)(H,22,25). The number of hydrogen-bond acceptors (Lipinski definition) is 4. The number of para-hydroxylation sites is 1. The minimum atomic E-state index is -0.223. The van der Waals surface area contributed by atoms with Crippen molar-refractivity contribution in [1.82, 2.24) is 14.9 Å². The molecule has 0 bridgehead atoms. The lowest BCUT2D eigenvalue weighted by Gasteiger charge is -2.26. The van der Waals surface area contributed by atoms with Crippen LogP contribution in [0.4, 0.5) is 5.69 Å². The lowest BCUT2D eigenvalue weighted by Crippen LogP contribution is -2.36. The van der Waals surface area contributed by atoms with E-state index in [0.717, 1.165) is 24.0 Å². The first kappa shape index (κ1) is 17.0. The molecule has 0 saturated carbocycles. The predicted octanol–water partition coefficient (Wildman–Crippen LogP) is 3.30. The highest BCUT2D eigenvalue weighted by molar-refractivity contribution is 6.33. The average molecular weight is 371 g/mol. The molecule has 1 saturated heterocycles. The van der Waals surface area contributed by atoms with Crippen LogP contribution in [0.15, 0.2) is 42.6 Å². The van der Waals surface area contributed by atoms with Gasteiger partial charge in [0.05, 0.1) is 23.9 Å². The molecule has 3 heterocycles. The molecule has 26 heavy (non-hydrogen) atoms. The topological polar surface area (TPSA) is 70.2 Å². The molecule has 1 aromatic carbocycles. The molecule has 7 heteroatoms. The van der Waals surface area contributed by atoms with Gasteiger partial charge in [-0.2, -0.15) is 0 Å². The van der Waals surface area contributed by atoms with Crippen molar-refractivity contribution in [2.75, 3.05) is 31.6 Å². The van der Waals surface area contributed by atoms with Crippen molar-refractivity contribution in [2.45, 2.75) is 6.54 Å².